The van der Waals surface area contributed by atoms with Gasteiger partial charge in [0.25, 0.3) is 0 Å². The number of aromatic nitrogens is 4. The number of hydrogen-bond acceptors (Lipinski definition) is 6. The fraction of sp³-hybridized carbons (Fsp3) is 0.370. The van der Waals surface area contributed by atoms with Crippen molar-refractivity contribution >= 4 is 26.9 Å². The first-order chi connectivity index (χ1) is 17.4. The monoisotopic (exact) mass is 504 g/mol. The van der Waals surface area contributed by atoms with Crippen molar-refractivity contribution in [1.82, 2.24) is 24.5 Å². The van der Waals surface area contributed by atoms with Gasteiger partial charge in [-0.15, -0.1) is 0 Å². The number of benzene rings is 2. The third kappa shape index (κ3) is 5.12. The van der Waals surface area contributed by atoms with Crippen LogP contribution in [0.25, 0.3) is 16.7 Å². The Labute approximate surface area is 212 Å². The normalized spacial score (nSPS) is 19.3. The summed E-state index contributed by atoms with van der Waals surface area (Å²) >= 11 is 0. The molecule has 2 heterocycles. The second-order valence-corrected chi connectivity index (χ2v) is 11.2. The number of fused-ring (bicyclic) bond motifs is 1. The zero-order chi connectivity index (χ0) is 25.1. The second-order valence-electron chi connectivity index (χ2n) is 9.50. The van der Waals surface area contributed by atoms with Crippen LogP contribution in [0.3, 0.4) is 0 Å². The molecule has 36 heavy (non-hydrogen) atoms. The molecule has 1 atom stereocenters. The van der Waals surface area contributed by atoms with Crippen molar-refractivity contribution in [1.29, 1.82) is 0 Å². The molecule has 5 rings (SSSR count). The summed E-state index contributed by atoms with van der Waals surface area (Å²) in [5.41, 5.74) is 1.75. The summed E-state index contributed by atoms with van der Waals surface area (Å²) < 4.78 is 30.2. The van der Waals surface area contributed by atoms with E-state index < -0.39 is 10.0 Å². The Bertz CT molecular complexity index is 1410. The lowest BCUT2D eigenvalue weighted by Crippen LogP contribution is -2.40. The van der Waals surface area contributed by atoms with E-state index in [0.717, 1.165) is 60.5 Å². The molecule has 1 aliphatic carbocycles. The Morgan fingerprint density at radius 1 is 0.944 bits per heavy atom. The highest BCUT2D eigenvalue weighted by molar-refractivity contribution is 7.89. The maximum absolute atomic E-state index is 12.7. The molecule has 188 valence electrons. The van der Waals surface area contributed by atoms with Crippen LogP contribution in [0.1, 0.15) is 57.7 Å². The van der Waals surface area contributed by atoms with E-state index in [2.05, 4.69) is 29.0 Å². The average Bonchev–Trinajstić information content (AvgIpc) is 3.34. The fourth-order valence-corrected chi connectivity index (χ4v) is 5.96. The van der Waals surface area contributed by atoms with Gasteiger partial charge in [-0.1, -0.05) is 50.2 Å². The van der Waals surface area contributed by atoms with E-state index >= 15 is 0 Å². The Morgan fingerprint density at radius 2 is 1.58 bits per heavy atom. The molecule has 2 N–H and O–H groups in total. The summed E-state index contributed by atoms with van der Waals surface area (Å²) in [5, 5.41) is 9.15. The van der Waals surface area contributed by atoms with Crippen LogP contribution < -0.4 is 10.0 Å². The zero-order valence-corrected chi connectivity index (χ0v) is 21.4. The smallest absolute Gasteiger partial charge is 0.240 e. The molecule has 0 aliphatic heterocycles. The summed E-state index contributed by atoms with van der Waals surface area (Å²) in [7, 11) is -3.51. The quantitative estimate of drug-likeness (QED) is 0.349. The van der Waals surface area contributed by atoms with Crippen molar-refractivity contribution in [3.05, 3.63) is 72.7 Å². The average molecular weight is 505 g/mol. The van der Waals surface area contributed by atoms with Crippen molar-refractivity contribution in [3.63, 3.8) is 0 Å². The molecule has 0 amide bonds. The van der Waals surface area contributed by atoms with Gasteiger partial charge in [0.05, 0.1) is 22.2 Å². The van der Waals surface area contributed by atoms with Crippen molar-refractivity contribution in [2.45, 2.75) is 68.8 Å². The molecule has 1 fully saturated rings. The molecule has 1 saturated carbocycles. The van der Waals surface area contributed by atoms with Crippen LogP contribution in [-0.4, -0.2) is 40.2 Å². The summed E-state index contributed by atoms with van der Waals surface area (Å²) in [6.45, 7) is 4.27. The van der Waals surface area contributed by atoms with Gasteiger partial charge in [0, 0.05) is 18.0 Å². The van der Waals surface area contributed by atoms with Gasteiger partial charge in [-0.2, -0.15) is 5.10 Å². The van der Waals surface area contributed by atoms with Gasteiger partial charge >= 0.3 is 0 Å². The van der Waals surface area contributed by atoms with Gasteiger partial charge in [0.1, 0.15) is 11.6 Å². The van der Waals surface area contributed by atoms with Gasteiger partial charge in [0.15, 0.2) is 5.65 Å². The Hall–Kier alpha value is -3.30. The van der Waals surface area contributed by atoms with Crippen LogP contribution >= 0.6 is 0 Å². The maximum atomic E-state index is 12.7. The minimum Gasteiger partial charge on any atom is -0.367 e. The number of para-hydroxylation sites is 1. The van der Waals surface area contributed by atoms with Gasteiger partial charge < -0.3 is 5.32 Å². The summed E-state index contributed by atoms with van der Waals surface area (Å²) in [6.07, 6.45) is 5.98. The third-order valence-electron chi connectivity index (χ3n) is 6.94. The van der Waals surface area contributed by atoms with E-state index in [1.54, 1.807) is 24.3 Å². The van der Waals surface area contributed by atoms with Crippen LogP contribution in [0.4, 0.5) is 5.82 Å². The Morgan fingerprint density at radius 3 is 2.25 bits per heavy atom. The minimum atomic E-state index is -3.51. The van der Waals surface area contributed by atoms with Crippen LogP contribution in [0, 0.1) is 0 Å². The largest absolute Gasteiger partial charge is 0.367 e. The van der Waals surface area contributed by atoms with Gasteiger partial charge in [-0.05, 0) is 56.4 Å². The Balaban J connectivity index is 1.34. The minimum absolute atomic E-state index is 0.0739. The molecule has 1 aliphatic rings. The van der Waals surface area contributed by atoms with Gasteiger partial charge in [0.2, 0.25) is 10.0 Å². The van der Waals surface area contributed by atoms with E-state index in [4.69, 9.17) is 9.97 Å². The van der Waals surface area contributed by atoms with Crippen molar-refractivity contribution in [2.75, 3.05) is 5.32 Å². The zero-order valence-electron chi connectivity index (χ0n) is 20.6. The number of sulfonamides is 1. The van der Waals surface area contributed by atoms with Crippen molar-refractivity contribution < 1.29 is 8.42 Å². The molecule has 0 spiro atoms. The molecule has 9 heteroatoms. The van der Waals surface area contributed by atoms with Gasteiger partial charge in [-0.3, -0.25) is 0 Å². The van der Waals surface area contributed by atoms with E-state index in [1.165, 1.54) is 0 Å². The highest BCUT2D eigenvalue weighted by atomic mass is 32.2. The first-order valence-electron chi connectivity index (χ1n) is 12.6. The number of nitrogens with zero attached hydrogens (tertiary/aromatic N) is 4. The predicted molar refractivity (Wildman–Crippen MR) is 142 cm³/mol. The molecular weight excluding hydrogens is 472 g/mol. The molecule has 0 radical (unpaired) electrons. The van der Waals surface area contributed by atoms with E-state index in [-0.39, 0.29) is 18.0 Å². The summed E-state index contributed by atoms with van der Waals surface area (Å²) in [6, 6.07) is 18.7. The molecule has 0 saturated heterocycles. The lowest BCUT2D eigenvalue weighted by molar-refractivity contribution is 0.387. The van der Waals surface area contributed by atoms with E-state index in [0.29, 0.717) is 4.90 Å². The molecule has 8 nitrogen and oxygen atoms in total. The number of anilines is 1. The molecule has 0 bridgehead atoms. The standard InChI is InChI=1S/C27H32N6O2S/c1-3-19(2)25-30-26(24-18-28-33(27(24)31-25)22-10-6-4-7-11-22)29-20-14-16-21(17-15-20)32-36(34,35)23-12-8-5-9-13-23/h4-13,18-21,32H,3,14-17H2,1-2H3,(H,29,30,31)/t19-,20?,21?/m0/s1. The topological polar surface area (TPSA) is 102 Å². The van der Waals surface area contributed by atoms with Gasteiger partial charge in [-0.25, -0.2) is 27.8 Å². The highest BCUT2D eigenvalue weighted by Gasteiger charge is 2.27. The lowest BCUT2D eigenvalue weighted by Gasteiger charge is -2.30. The Kier molecular flexibility index (Phi) is 7.02. The molecule has 0 unspecified atom stereocenters. The lowest BCUT2D eigenvalue weighted by atomic mass is 9.92. The van der Waals surface area contributed by atoms with Crippen LogP contribution in [0.5, 0.6) is 0 Å². The number of nitrogens with one attached hydrogen (secondary N) is 2. The second kappa shape index (κ2) is 10.4. The van der Waals surface area contributed by atoms with E-state index in [9.17, 15) is 8.42 Å². The maximum Gasteiger partial charge on any atom is 0.240 e. The highest BCUT2D eigenvalue weighted by Crippen LogP contribution is 2.29. The number of rotatable bonds is 8. The first kappa shape index (κ1) is 24.4. The summed E-state index contributed by atoms with van der Waals surface area (Å²) in [4.78, 5) is 10.1. The van der Waals surface area contributed by atoms with Crippen molar-refractivity contribution in [3.8, 4) is 5.69 Å². The van der Waals surface area contributed by atoms with Crippen LogP contribution in [-0.2, 0) is 10.0 Å². The van der Waals surface area contributed by atoms with E-state index in [1.807, 2.05) is 47.3 Å². The molecule has 4 aromatic rings. The van der Waals surface area contributed by atoms with Crippen LogP contribution in [0.2, 0.25) is 0 Å². The summed E-state index contributed by atoms with van der Waals surface area (Å²) in [5.74, 6) is 1.82. The van der Waals surface area contributed by atoms with Crippen molar-refractivity contribution in [2.24, 2.45) is 0 Å². The molecule has 2 aromatic carbocycles. The third-order valence-corrected chi connectivity index (χ3v) is 8.48. The fourth-order valence-electron chi connectivity index (χ4n) is 4.63. The molecule has 2 aromatic heterocycles. The SMILES string of the molecule is CC[C@H](C)c1nc(NC2CCC(NS(=O)(=O)c3ccccc3)CC2)c2cnn(-c3ccccc3)c2n1. The molecular formula is C27H32N6O2S. The van der Waals surface area contributed by atoms with Crippen LogP contribution in [0.15, 0.2) is 71.8 Å². The number of hydrogen-bond donors (Lipinski definition) is 2. The predicted octanol–water partition coefficient (Wildman–Crippen LogP) is 5.03. The first-order valence-corrected chi connectivity index (χ1v) is 14.1.